The largest absolute Gasteiger partial charge is 0.392 e. The zero-order chi connectivity index (χ0) is 20.3. The summed E-state index contributed by atoms with van der Waals surface area (Å²) >= 11 is 0. The first-order chi connectivity index (χ1) is 12.8. The third kappa shape index (κ3) is 8.93. The second-order valence-electron chi connectivity index (χ2n) is 7.57. The van der Waals surface area contributed by atoms with Crippen molar-refractivity contribution in [1.29, 1.82) is 0 Å². The zero-order valence-electron chi connectivity index (χ0n) is 16.5. The van der Waals surface area contributed by atoms with E-state index in [1.807, 2.05) is 25.2 Å². The molecular formula is C21H34O6. The van der Waals surface area contributed by atoms with Crippen LogP contribution < -0.4 is 0 Å². The van der Waals surface area contributed by atoms with Gasteiger partial charge in [-0.1, -0.05) is 44.1 Å². The number of ether oxygens (including phenoxy) is 1. The van der Waals surface area contributed by atoms with E-state index in [0.717, 1.165) is 19.3 Å². The minimum Gasteiger partial charge on any atom is -0.392 e. The Morgan fingerprint density at radius 1 is 1.33 bits per heavy atom. The van der Waals surface area contributed by atoms with E-state index in [-0.39, 0.29) is 43.0 Å². The summed E-state index contributed by atoms with van der Waals surface area (Å²) in [6.45, 7) is 3.46. The highest BCUT2D eigenvalue weighted by atomic mass is 16.5. The van der Waals surface area contributed by atoms with Gasteiger partial charge in [0.15, 0.2) is 5.78 Å². The van der Waals surface area contributed by atoms with Crippen LogP contribution in [0.5, 0.6) is 0 Å². The maximum Gasteiger partial charge on any atom is 0.183 e. The van der Waals surface area contributed by atoms with Crippen molar-refractivity contribution in [3.05, 3.63) is 24.3 Å². The van der Waals surface area contributed by atoms with Crippen LogP contribution in [0.3, 0.4) is 0 Å². The number of carbonyl (C=O) groups excluding carboxylic acids is 2. The second-order valence-corrected chi connectivity index (χ2v) is 7.57. The molecule has 4 unspecified atom stereocenters. The first kappa shape index (κ1) is 23.7. The SMILES string of the molecule is CCCCC(C)(O)CC=CC1C(O)CC(=O)C1CC=CCOCC(=O)CO. The number of hydrogen-bond acceptors (Lipinski definition) is 6. The van der Waals surface area contributed by atoms with Gasteiger partial charge in [-0.15, -0.1) is 0 Å². The van der Waals surface area contributed by atoms with Gasteiger partial charge in [0.25, 0.3) is 0 Å². The van der Waals surface area contributed by atoms with Crippen LogP contribution in [0.25, 0.3) is 0 Å². The molecule has 27 heavy (non-hydrogen) atoms. The minimum atomic E-state index is -0.765. The van der Waals surface area contributed by atoms with Gasteiger partial charge in [-0.2, -0.15) is 0 Å². The number of aliphatic hydroxyl groups is 3. The number of allylic oxidation sites excluding steroid dienone is 1. The molecule has 0 saturated heterocycles. The predicted molar refractivity (Wildman–Crippen MR) is 103 cm³/mol. The Hall–Kier alpha value is -1.34. The summed E-state index contributed by atoms with van der Waals surface area (Å²) in [7, 11) is 0. The van der Waals surface area contributed by atoms with E-state index < -0.39 is 18.3 Å². The van der Waals surface area contributed by atoms with E-state index in [1.54, 1.807) is 6.08 Å². The normalized spacial score (nSPS) is 25.5. The molecule has 6 heteroatoms. The zero-order valence-corrected chi connectivity index (χ0v) is 16.5. The van der Waals surface area contributed by atoms with Crippen molar-refractivity contribution in [2.75, 3.05) is 19.8 Å². The van der Waals surface area contributed by atoms with Gasteiger partial charge in [0.1, 0.15) is 19.0 Å². The van der Waals surface area contributed by atoms with Gasteiger partial charge in [-0.05, 0) is 26.2 Å². The molecule has 1 saturated carbocycles. The van der Waals surface area contributed by atoms with Crippen LogP contribution in [0.1, 0.15) is 52.4 Å². The minimum absolute atomic E-state index is 0.0379. The molecule has 0 radical (unpaired) electrons. The maximum atomic E-state index is 12.2. The quantitative estimate of drug-likeness (QED) is 0.332. The molecule has 6 nitrogen and oxygen atoms in total. The smallest absolute Gasteiger partial charge is 0.183 e. The van der Waals surface area contributed by atoms with Gasteiger partial charge in [0.05, 0.1) is 18.3 Å². The Kier molecular flexibility index (Phi) is 10.7. The number of hydrogen-bond donors (Lipinski definition) is 3. The van der Waals surface area contributed by atoms with Gasteiger partial charge in [-0.25, -0.2) is 0 Å². The summed E-state index contributed by atoms with van der Waals surface area (Å²) < 4.78 is 5.09. The topological polar surface area (TPSA) is 104 Å². The van der Waals surface area contributed by atoms with Gasteiger partial charge < -0.3 is 20.1 Å². The Morgan fingerprint density at radius 3 is 2.74 bits per heavy atom. The molecule has 0 bridgehead atoms. The van der Waals surface area contributed by atoms with E-state index in [4.69, 9.17) is 9.84 Å². The van der Waals surface area contributed by atoms with Crippen molar-refractivity contribution in [3.63, 3.8) is 0 Å². The Balaban J connectivity index is 2.51. The van der Waals surface area contributed by atoms with E-state index in [1.165, 1.54) is 0 Å². The standard InChI is InChI=1S/C21H34O6/c1-3-4-10-21(2,26)11-7-9-18-17(19(24)13-20(18)25)8-5-6-12-27-15-16(23)14-22/h5-7,9,17-18,20,22,25-26H,3-4,8,10-15H2,1-2H3. The van der Waals surface area contributed by atoms with Gasteiger partial charge >= 0.3 is 0 Å². The van der Waals surface area contributed by atoms with Crippen LogP contribution in [0.4, 0.5) is 0 Å². The van der Waals surface area contributed by atoms with Crippen LogP contribution >= 0.6 is 0 Å². The highest BCUT2D eigenvalue weighted by molar-refractivity contribution is 5.84. The lowest BCUT2D eigenvalue weighted by molar-refractivity contribution is -0.125. The number of rotatable bonds is 13. The molecule has 1 aliphatic rings. The van der Waals surface area contributed by atoms with Crippen molar-refractivity contribution >= 4 is 11.6 Å². The molecule has 0 aromatic rings. The summed E-state index contributed by atoms with van der Waals surface area (Å²) in [5, 5.41) is 29.1. The molecule has 0 amide bonds. The van der Waals surface area contributed by atoms with Gasteiger partial charge in [0, 0.05) is 18.3 Å². The average Bonchev–Trinajstić information content (AvgIpc) is 2.89. The summed E-state index contributed by atoms with van der Waals surface area (Å²) in [5.41, 5.74) is -0.765. The molecule has 1 aliphatic carbocycles. The molecule has 3 N–H and O–H groups in total. The van der Waals surface area contributed by atoms with Crippen LogP contribution in [-0.2, 0) is 14.3 Å². The maximum absolute atomic E-state index is 12.2. The van der Waals surface area contributed by atoms with Crippen molar-refractivity contribution in [2.24, 2.45) is 11.8 Å². The fourth-order valence-corrected chi connectivity index (χ4v) is 3.26. The number of Topliss-reactive ketones (excluding diaryl/α,β-unsaturated/α-hetero) is 2. The fourth-order valence-electron chi connectivity index (χ4n) is 3.26. The van der Waals surface area contributed by atoms with Crippen molar-refractivity contribution in [2.45, 2.75) is 64.1 Å². The number of carbonyl (C=O) groups is 2. The summed E-state index contributed by atoms with van der Waals surface area (Å²) in [4.78, 5) is 23.1. The molecule has 0 aromatic heterocycles. The number of aliphatic hydroxyl groups excluding tert-OH is 2. The van der Waals surface area contributed by atoms with E-state index in [9.17, 15) is 19.8 Å². The summed E-state index contributed by atoms with van der Waals surface area (Å²) in [6.07, 6.45) is 10.5. The van der Waals surface area contributed by atoms with Crippen molar-refractivity contribution < 1.29 is 29.6 Å². The monoisotopic (exact) mass is 382 g/mol. The Bertz CT molecular complexity index is 523. The van der Waals surface area contributed by atoms with E-state index >= 15 is 0 Å². The average molecular weight is 382 g/mol. The molecule has 154 valence electrons. The molecular weight excluding hydrogens is 348 g/mol. The van der Waals surface area contributed by atoms with E-state index in [2.05, 4.69) is 6.92 Å². The van der Waals surface area contributed by atoms with Crippen molar-refractivity contribution in [1.82, 2.24) is 0 Å². The van der Waals surface area contributed by atoms with Crippen LogP contribution in [0, 0.1) is 11.8 Å². The number of ketones is 2. The molecule has 1 fully saturated rings. The fraction of sp³-hybridized carbons (Fsp3) is 0.714. The molecule has 0 heterocycles. The molecule has 4 atom stereocenters. The van der Waals surface area contributed by atoms with Crippen LogP contribution in [0.15, 0.2) is 24.3 Å². The lowest BCUT2D eigenvalue weighted by atomic mass is 9.89. The molecule has 0 spiro atoms. The van der Waals surface area contributed by atoms with Crippen LogP contribution in [0.2, 0.25) is 0 Å². The van der Waals surface area contributed by atoms with Gasteiger partial charge in [0.2, 0.25) is 0 Å². The van der Waals surface area contributed by atoms with E-state index in [0.29, 0.717) is 12.8 Å². The Labute approximate surface area is 161 Å². The predicted octanol–water partition coefficient (Wildman–Crippen LogP) is 1.96. The highest BCUT2D eigenvalue weighted by Gasteiger charge is 2.39. The lowest BCUT2D eigenvalue weighted by Crippen LogP contribution is -2.23. The van der Waals surface area contributed by atoms with Crippen molar-refractivity contribution in [3.8, 4) is 0 Å². The Morgan fingerprint density at radius 2 is 2.07 bits per heavy atom. The molecule has 0 aromatic carbocycles. The second kappa shape index (κ2) is 12.2. The lowest BCUT2D eigenvalue weighted by Gasteiger charge is -2.22. The first-order valence-corrected chi connectivity index (χ1v) is 9.76. The summed E-state index contributed by atoms with van der Waals surface area (Å²) in [6, 6.07) is 0. The third-order valence-electron chi connectivity index (χ3n) is 4.93. The summed E-state index contributed by atoms with van der Waals surface area (Å²) in [5.74, 6) is -0.874. The third-order valence-corrected chi connectivity index (χ3v) is 4.93. The molecule has 1 rings (SSSR count). The van der Waals surface area contributed by atoms with Crippen LogP contribution in [-0.4, -0.2) is 58.4 Å². The first-order valence-electron chi connectivity index (χ1n) is 9.76. The number of unbranched alkanes of at least 4 members (excludes halogenated alkanes) is 1. The van der Waals surface area contributed by atoms with Gasteiger partial charge in [-0.3, -0.25) is 9.59 Å². The highest BCUT2D eigenvalue weighted by Crippen LogP contribution is 2.33. The molecule has 0 aliphatic heterocycles.